The Morgan fingerprint density at radius 3 is 2.28 bits per heavy atom. The van der Waals surface area contributed by atoms with Crippen molar-refractivity contribution in [3.8, 4) is 17.1 Å². The third-order valence-corrected chi connectivity index (χ3v) is 13.7. The number of anilines is 1. The normalized spacial score (nSPS) is 12.7. The molecule has 0 unspecified atom stereocenters. The minimum atomic E-state index is -3.29. The average molecular weight is 696 g/mol. The maximum absolute atomic E-state index is 14.9. The molecule has 0 aliphatic heterocycles. The molecule has 12 heteroatoms. The number of aryl methyl sites for hydroxylation is 1. The highest BCUT2D eigenvalue weighted by Gasteiger charge is 2.52. The molecule has 258 valence electrons. The van der Waals surface area contributed by atoms with Gasteiger partial charge >= 0.3 is 0 Å². The Kier molecular flexibility index (Phi) is 9.94. The number of carbonyl (C=O) groups is 1. The van der Waals surface area contributed by atoms with Crippen LogP contribution >= 0.6 is 0 Å². The van der Waals surface area contributed by atoms with Crippen molar-refractivity contribution >= 4 is 35.9 Å². The highest BCUT2D eigenvalue weighted by Crippen LogP contribution is 2.38. The van der Waals surface area contributed by atoms with Gasteiger partial charge in [-0.15, -0.1) is 0 Å². The van der Waals surface area contributed by atoms with Gasteiger partial charge in [0.2, 0.25) is 11.7 Å². The second kappa shape index (κ2) is 14.3. The van der Waals surface area contributed by atoms with Crippen LogP contribution in [0.15, 0.2) is 108 Å². The molecule has 0 spiro atoms. The number of benzene rings is 3. The number of hydrogen-bond donors (Lipinski definition) is 1. The summed E-state index contributed by atoms with van der Waals surface area (Å²) in [5.41, 5.74) is 2.79. The van der Waals surface area contributed by atoms with Crippen LogP contribution < -0.4 is 20.4 Å². The number of imidazole rings is 1. The second-order valence-corrected chi connectivity index (χ2v) is 17.3. The number of ether oxygens (including phenoxy) is 1. The lowest BCUT2D eigenvalue weighted by Crippen LogP contribution is -2.68. The summed E-state index contributed by atoms with van der Waals surface area (Å²) >= 11 is 0. The van der Waals surface area contributed by atoms with Crippen LogP contribution in [0, 0.1) is 6.92 Å². The van der Waals surface area contributed by atoms with E-state index < -0.39 is 25.9 Å². The average Bonchev–Trinajstić information content (AvgIpc) is 3.75. The van der Waals surface area contributed by atoms with Crippen molar-refractivity contribution in [2.24, 2.45) is 0 Å². The van der Waals surface area contributed by atoms with E-state index in [1.54, 1.807) is 34.9 Å². The number of carbonyl (C=O) groups excluding carboxylic acids is 1. The summed E-state index contributed by atoms with van der Waals surface area (Å²) in [6.07, 6.45) is -1.39. The fourth-order valence-corrected chi connectivity index (χ4v) is 10.9. The van der Waals surface area contributed by atoms with E-state index in [1.807, 2.05) is 101 Å². The summed E-state index contributed by atoms with van der Waals surface area (Å²) in [6, 6.07) is 28.1. The van der Waals surface area contributed by atoms with Crippen molar-refractivity contribution in [2.75, 3.05) is 11.9 Å². The van der Waals surface area contributed by atoms with Crippen molar-refractivity contribution in [1.29, 1.82) is 0 Å². The maximum atomic E-state index is 14.9. The molecule has 0 aliphatic rings. The molecule has 0 saturated heterocycles. The summed E-state index contributed by atoms with van der Waals surface area (Å²) in [4.78, 5) is 22.2. The first kappa shape index (κ1) is 34.7. The van der Waals surface area contributed by atoms with Gasteiger partial charge in [0.1, 0.15) is 23.2 Å². The van der Waals surface area contributed by atoms with E-state index in [-0.39, 0.29) is 24.0 Å². The van der Waals surface area contributed by atoms with E-state index in [9.17, 15) is 13.6 Å². The SMILES string of the molecule is CCOc1ccn2c(C(=O)Nc3cc(-c4noc(C[C@H](O[Si](c5ccccc5)(c5ccccc5)C(C)(C)C)C(F)F)n4)ccc3C)cnc2c1. The van der Waals surface area contributed by atoms with Crippen LogP contribution in [-0.4, -0.2) is 52.9 Å². The second-order valence-electron chi connectivity index (χ2n) is 13.0. The van der Waals surface area contributed by atoms with E-state index >= 15 is 0 Å². The molecule has 9 nitrogen and oxygen atoms in total. The number of halogens is 2. The van der Waals surface area contributed by atoms with E-state index in [2.05, 4.69) is 20.4 Å². The molecular weight excluding hydrogens is 657 g/mol. The zero-order valence-electron chi connectivity index (χ0n) is 28.6. The zero-order chi connectivity index (χ0) is 35.5. The Morgan fingerprint density at radius 1 is 0.980 bits per heavy atom. The molecule has 3 aromatic heterocycles. The molecule has 0 saturated carbocycles. The van der Waals surface area contributed by atoms with Crippen LogP contribution in [-0.2, 0) is 10.8 Å². The number of amides is 1. The number of nitrogens with zero attached hydrogens (tertiary/aromatic N) is 4. The lowest BCUT2D eigenvalue weighted by Gasteiger charge is -2.44. The first-order valence-corrected chi connectivity index (χ1v) is 18.3. The largest absolute Gasteiger partial charge is 0.494 e. The Bertz CT molecular complexity index is 2040. The molecule has 3 aromatic carbocycles. The van der Waals surface area contributed by atoms with Gasteiger partial charge in [-0.1, -0.05) is 98.7 Å². The van der Waals surface area contributed by atoms with Crippen molar-refractivity contribution in [2.45, 2.75) is 58.6 Å². The molecule has 1 N–H and O–H groups in total. The molecule has 1 atom stereocenters. The number of hydrogen-bond acceptors (Lipinski definition) is 7. The summed E-state index contributed by atoms with van der Waals surface area (Å²) < 4.78 is 49.3. The van der Waals surface area contributed by atoms with Crippen LogP contribution in [0.4, 0.5) is 14.5 Å². The zero-order valence-corrected chi connectivity index (χ0v) is 29.6. The number of nitrogens with one attached hydrogen (secondary N) is 1. The first-order valence-electron chi connectivity index (χ1n) is 16.4. The molecule has 6 aromatic rings. The maximum Gasteiger partial charge on any atom is 0.274 e. The van der Waals surface area contributed by atoms with Crippen LogP contribution in [0.25, 0.3) is 17.0 Å². The summed E-state index contributed by atoms with van der Waals surface area (Å²) in [6.45, 7) is 10.4. The van der Waals surface area contributed by atoms with Crippen LogP contribution in [0.3, 0.4) is 0 Å². The summed E-state index contributed by atoms with van der Waals surface area (Å²) in [7, 11) is -3.29. The van der Waals surface area contributed by atoms with Crippen molar-refractivity contribution in [3.63, 3.8) is 0 Å². The minimum Gasteiger partial charge on any atom is -0.494 e. The van der Waals surface area contributed by atoms with E-state index in [0.717, 1.165) is 15.9 Å². The van der Waals surface area contributed by atoms with Gasteiger partial charge in [-0.05, 0) is 47.0 Å². The summed E-state index contributed by atoms with van der Waals surface area (Å²) in [5, 5.41) is 8.34. The van der Waals surface area contributed by atoms with Gasteiger partial charge < -0.3 is 19.0 Å². The van der Waals surface area contributed by atoms with Crippen LogP contribution in [0.5, 0.6) is 5.75 Å². The highest BCUT2D eigenvalue weighted by atomic mass is 28.4. The lowest BCUT2D eigenvalue weighted by molar-refractivity contribution is 0.00243. The molecule has 3 heterocycles. The Labute approximate surface area is 290 Å². The smallest absolute Gasteiger partial charge is 0.274 e. The molecule has 6 rings (SSSR count). The topological polar surface area (TPSA) is 104 Å². The monoisotopic (exact) mass is 695 g/mol. The van der Waals surface area contributed by atoms with E-state index in [1.165, 1.54) is 6.20 Å². The number of alkyl halides is 2. The Hall–Kier alpha value is -5.20. The van der Waals surface area contributed by atoms with Gasteiger partial charge in [0.25, 0.3) is 20.7 Å². The molecule has 0 bridgehead atoms. The molecule has 0 radical (unpaired) electrons. The standard InChI is InChI=1S/C38H39F2N5O4Si/c1-6-47-27-19-20-45-31(24-41-33(45)22-27)37(46)42-30-21-26(18-17-25(30)2)36-43-34(48-44-36)23-32(35(39)40)49-50(38(3,4)5,28-13-9-7-10-14-28)29-15-11-8-12-16-29/h7-22,24,32,35H,6,23H2,1-5H3,(H,42,46)/t32-/m0/s1. The number of fused-ring (bicyclic) bond motifs is 1. The van der Waals surface area contributed by atoms with Gasteiger partial charge in [-0.25, -0.2) is 13.8 Å². The fourth-order valence-electron chi connectivity index (χ4n) is 6.20. The highest BCUT2D eigenvalue weighted by molar-refractivity contribution is 6.99. The number of aromatic nitrogens is 4. The lowest BCUT2D eigenvalue weighted by atomic mass is 10.1. The Morgan fingerprint density at radius 2 is 1.66 bits per heavy atom. The predicted molar refractivity (Wildman–Crippen MR) is 191 cm³/mol. The van der Waals surface area contributed by atoms with Crippen molar-refractivity contribution in [3.05, 3.63) is 121 Å². The van der Waals surface area contributed by atoms with E-state index in [4.69, 9.17) is 13.7 Å². The van der Waals surface area contributed by atoms with Crippen LogP contribution in [0.2, 0.25) is 5.04 Å². The molecule has 0 fully saturated rings. The van der Waals surface area contributed by atoms with Gasteiger partial charge in [0.05, 0.1) is 19.2 Å². The summed E-state index contributed by atoms with van der Waals surface area (Å²) in [5.74, 6) is 0.518. The predicted octanol–water partition coefficient (Wildman–Crippen LogP) is 7.10. The van der Waals surface area contributed by atoms with Gasteiger partial charge in [0, 0.05) is 23.5 Å². The van der Waals surface area contributed by atoms with Crippen LogP contribution in [0.1, 0.15) is 49.6 Å². The molecule has 0 aliphatic carbocycles. The number of pyridine rings is 1. The number of rotatable bonds is 12. The first-order chi connectivity index (χ1) is 24.0. The third-order valence-electron chi connectivity index (χ3n) is 8.64. The molecule has 1 amide bonds. The fraction of sp³-hybridized carbons (Fsp3) is 0.263. The quantitative estimate of drug-likeness (QED) is 0.136. The third kappa shape index (κ3) is 6.94. The van der Waals surface area contributed by atoms with E-state index in [0.29, 0.717) is 34.9 Å². The van der Waals surface area contributed by atoms with Crippen molar-refractivity contribution < 1.29 is 27.3 Å². The van der Waals surface area contributed by atoms with Gasteiger partial charge in [-0.3, -0.25) is 9.20 Å². The Balaban J connectivity index is 1.25. The van der Waals surface area contributed by atoms with Crippen molar-refractivity contribution in [1.82, 2.24) is 19.5 Å². The molecular formula is C38H39F2N5O4Si. The molecule has 50 heavy (non-hydrogen) atoms. The van der Waals surface area contributed by atoms with Gasteiger partial charge in [-0.2, -0.15) is 4.98 Å². The van der Waals surface area contributed by atoms with Gasteiger partial charge in [0.15, 0.2) is 0 Å². The minimum absolute atomic E-state index is 0.0199.